The van der Waals surface area contributed by atoms with E-state index in [1.54, 1.807) is 12.1 Å². The molecule has 2 saturated heterocycles. The summed E-state index contributed by atoms with van der Waals surface area (Å²) in [4.78, 5) is 44.2. The second kappa shape index (κ2) is 14.0. The molecule has 1 spiro atoms. The Hall–Kier alpha value is -3.28. The van der Waals surface area contributed by atoms with Crippen molar-refractivity contribution in [2.24, 2.45) is 0 Å². The molecule has 4 N–H and O–H groups in total. The third kappa shape index (κ3) is 6.95. The topological polar surface area (TPSA) is 140 Å². The standard InChI is InChI=1S/C34H50N6O5/c1-4-5-18-39-31(43)29(22-33(45)13-7-6-8-14-33)36-32(44)34(39)15-19-38(20-16-34)23-28-24(2)37-40(25(28)3)27-11-9-26(10-12-27)30(42)35-17-21-41/h9-12,29,41,45H,4-8,13-23H2,1-3H3,(H,35,42)(H,36,44)/t29-/m1/s1. The molecule has 3 amide bonds. The summed E-state index contributed by atoms with van der Waals surface area (Å²) >= 11 is 0. The van der Waals surface area contributed by atoms with E-state index in [2.05, 4.69) is 22.5 Å². The van der Waals surface area contributed by atoms with Gasteiger partial charge in [-0.3, -0.25) is 19.3 Å². The summed E-state index contributed by atoms with van der Waals surface area (Å²) in [5.74, 6) is -0.345. The van der Waals surface area contributed by atoms with E-state index < -0.39 is 17.2 Å². The summed E-state index contributed by atoms with van der Waals surface area (Å²) in [5, 5.41) is 30.7. The quantitative estimate of drug-likeness (QED) is 0.302. The minimum atomic E-state index is -0.882. The van der Waals surface area contributed by atoms with E-state index in [1.165, 1.54) is 0 Å². The van der Waals surface area contributed by atoms with E-state index in [9.17, 15) is 19.5 Å². The number of rotatable bonds is 11. The third-order valence-electron chi connectivity index (χ3n) is 10.2. The summed E-state index contributed by atoms with van der Waals surface area (Å²) in [6.45, 7) is 8.86. The van der Waals surface area contributed by atoms with Gasteiger partial charge in [-0.15, -0.1) is 0 Å². The lowest BCUT2D eigenvalue weighted by Crippen LogP contribution is -2.73. The molecule has 2 aromatic rings. The third-order valence-corrected chi connectivity index (χ3v) is 10.2. The Labute approximate surface area is 266 Å². The molecule has 1 aromatic heterocycles. The van der Waals surface area contributed by atoms with Gasteiger partial charge in [0.05, 0.1) is 23.6 Å². The molecule has 1 aliphatic carbocycles. The Kier molecular flexibility index (Phi) is 10.3. The van der Waals surface area contributed by atoms with Crippen molar-refractivity contribution in [3.63, 3.8) is 0 Å². The number of benzene rings is 1. The van der Waals surface area contributed by atoms with Crippen molar-refractivity contribution in [1.29, 1.82) is 0 Å². The van der Waals surface area contributed by atoms with E-state index in [0.29, 0.717) is 63.8 Å². The van der Waals surface area contributed by atoms with Gasteiger partial charge in [0.15, 0.2) is 0 Å². The zero-order chi connectivity index (χ0) is 32.2. The minimum Gasteiger partial charge on any atom is -0.395 e. The van der Waals surface area contributed by atoms with Gasteiger partial charge in [0.1, 0.15) is 11.6 Å². The highest BCUT2D eigenvalue weighted by atomic mass is 16.3. The Bertz CT molecular complexity index is 1360. The van der Waals surface area contributed by atoms with Crippen LogP contribution in [0.4, 0.5) is 0 Å². The SMILES string of the molecule is CCCCN1C(=O)[C@@H](CC2(O)CCCCC2)NC(=O)C12CCN(Cc1c(C)nn(-c3ccc(C(=O)NCCO)cc3)c1C)CC2. The first kappa shape index (κ1) is 33.1. The van der Waals surface area contributed by atoms with Gasteiger partial charge in [-0.2, -0.15) is 5.10 Å². The second-order valence-corrected chi connectivity index (χ2v) is 13.3. The molecule has 3 heterocycles. The predicted octanol–water partition coefficient (Wildman–Crippen LogP) is 2.76. The highest BCUT2D eigenvalue weighted by Crippen LogP contribution is 2.38. The lowest BCUT2D eigenvalue weighted by atomic mass is 9.77. The average Bonchev–Trinajstić information content (AvgIpc) is 3.32. The van der Waals surface area contributed by atoms with Gasteiger partial charge >= 0.3 is 0 Å². The molecule has 3 aliphatic rings. The van der Waals surface area contributed by atoms with Crippen LogP contribution in [0.3, 0.4) is 0 Å². The Morgan fingerprint density at radius 2 is 1.76 bits per heavy atom. The molecule has 246 valence electrons. The monoisotopic (exact) mass is 622 g/mol. The maximum atomic E-state index is 13.9. The van der Waals surface area contributed by atoms with Gasteiger partial charge < -0.3 is 25.7 Å². The molecule has 3 fully saturated rings. The zero-order valence-corrected chi connectivity index (χ0v) is 27.1. The molecule has 45 heavy (non-hydrogen) atoms. The van der Waals surface area contributed by atoms with Crippen molar-refractivity contribution in [3.05, 3.63) is 46.8 Å². The van der Waals surface area contributed by atoms with Gasteiger partial charge in [-0.05, 0) is 70.2 Å². The number of aromatic nitrogens is 2. The van der Waals surface area contributed by atoms with Crippen LogP contribution in [-0.4, -0.2) is 97.5 Å². The van der Waals surface area contributed by atoms with Crippen LogP contribution in [-0.2, 0) is 16.1 Å². The van der Waals surface area contributed by atoms with Crippen LogP contribution in [0.15, 0.2) is 24.3 Å². The number of aliphatic hydroxyl groups excluding tert-OH is 1. The van der Waals surface area contributed by atoms with Gasteiger partial charge in [0.25, 0.3) is 5.91 Å². The average molecular weight is 623 g/mol. The number of amides is 3. The first-order valence-corrected chi connectivity index (χ1v) is 16.7. The van der Waals surface area contributed by atoms with E-state index in [-0.39, 0.29) is 30.9 Å². The Balaban J connectivity index is 1.26. The first-order chi connectivity index (χ1) is 21.6. The van der Waals surface area contributed by atoms with Crippen LogP contribution in [0.1, 0.15) is 98.4 Å². The summed E-state index contributed by atoms with van der Waals surface area (Å²) < 4.78 is 1.89. The van der Waals surface area contributed by atoms with Crippen molar-refractivity contribution in [2.45, 2.75) is 109 Å². The fourth-order valence-corrected chi connectivity index (χ4v) is 7.43. The number of aryl methyl sites for hydroxylation is 1. The number of piperazine rings is 1. The highest BCUT2D eigenvalue weighted by molar-refractivity contribution is 6.00. The summed E-state index contributed by atoms with van der Waals surface area (Å²) in [6, 6.07) is 6.57. The fraction of sp³-hybridized carbons (Fsp3) is 0.647. The Morgan fingerprint density at radius 3 is 2.40 bits per heavy atom. The van der Waals surface area contributed by atoms with Crippen molar-refractivity contribution in [3.8, 4) is 5.69 Å². The number of aliphatic hydroxyl groups is 2. The number of nitrogens with zero attached hydrogens (tertiary/aromatic N) is 4. The molecule has 0 unspecified atom stereocenters. The number of hydrogen-bond acceptors (Lipinski definition) is 7. The summed E-state index contributed by atoms with van der Waals surface area (Å²) in [5.41, 5.74) is 2.71. The number of nitrogens with one attached hydrogen (secondary N) is 2. The van der Waals surface area contributed by atoms with Gasteiger partial charge in [-0.25, -0.2) is 4.68 Å². The van der Waals surface area contributed by atoms with Crippen molar-refractivity contribution < 1.29 is 24.6 Å². The van der Waals surface area contributed by atoms with Crippen LogP contribution in [0.2, 0.25) is 0 Å². The number of piperidine rings is 1. The number of hydrogen-bond donors (Lipinski definition) is 4. The maximum absolute atomic E-state index is 13.9. The molecule has 0 bridgehead atoms. The lowest BCUT2D eigenvalue weighted by molar-refractivity contribution is -0.163. The molecule has 11 heteroatoms. The van der Waals surface area contributed by atoms with E-state index in [4.69, 9.17) is 10.2 Å². The summed E-state index contributed by atoms with van der Waals surface area (Å²) in [6.07, 6.45) is 7.60. The maximum Gasteiger partial charge on any atom is 0.251 e. The van der Waals surface area contributed by atoms with Crippen molar-refractivity contribution >= 4 is 17.7 Å². The van der Waals surface area contributed by atoms with Gasteiger partial charge in [0, 0.05) is 56.0 Å². The molecule has 5 rings (SSSR count). The number of likely N-dealkylation sites (tertiary alicyclic amines) is 1. The van der Waals surface area contributed by atoms with E-state index >= 15 is 0 Å². The second-order valence-electron chi connectivity index (χ2n) is 13.3. The normalized spacial score (nSPS) is 21.6. The molecule has 11 nitrogen and oxygen atoms in total. The summed E-state index contributed by atoms with van der Waals surface area (Å²) in [7, 11) is 0. The molecule has 1 atom stereocenters. The molecule has 2 aliphatic heterocycles. The first-order valence-electron chi connectivity index (χ1n) is 16.7. The van der Waals surface area contributed by atoms with Gasteiger partial charge in [-0.1, -0.05) is 32.6 Å². The van der Waals surface area contributed by atoms with Crippen LogP contribution in [0.25, 0.3) is 5.69 Å². The van der Waals surface area contributed by atoms with Crippen LogP contribution in [0.5, 0.6) is 0 Å². The predicted molar refractivity (Wildman–Crippen MR) is 171 cm³/mol. The zero-order valence-electron chi connectivity index (χ0n) is 27.1. The minimum absolute atomic E-state index is 0.0413. The molecule has 0 radical (unpaired) electrons. The van der Waals surface area contributed by atoms with Crippen LogP contribution >= 0.6 is 0 Å². The van der Waals surface area contributed by atoms with Crippen molar-refractivity contribution in [2.75, 3.05) is 32.8 Å². The molecular weight excluding hydrogens is 572 g/mol. The van der Waals surface area contributed by atoms with E-state index in [0.717, 1.165) is 54.7 Å². The highest BCUT2D eigenvalue weighted by Gasteiger charge is 2.54. The Morgan fingerprint density at radius 1 is 1.07 bits per heavy atom. The van der Waals surface area contributed by atoms with E-state index in [1.807, 2.05) is 35.6 Å². The fourth-order valence-electron chi connectivity index (χ4n) is 7.43. The number of carbonyl (C=O) groups is 3. The number of carbonyl (C=O) groups excluding carboxylic acids is 3. The lowest BCUT2D eigenvalue weighted by Gasteiger charge is -2.52. The largest absolute Gasteiger partial charge is 0.395 e. The number of unbranched alkanes of at least 4 members (excludes halogenated alkanes) is 1. The smallest absolute Gasteiger partial charge is 0.251 e. The van der Waals surface area contributed by atoms with Crippen LogP contribution < -0.4 is 10.6 Å². The molecular formula is C34H50N6O5. The van der Waals surface area contributed by atoms with Gasteiger partial charge in [0.2, 0.25) is 11.8 Å². The van der Waals surface area contributed by atoms with Crippen molar-refractivity contribution in [1.82, 2.24) is 30.2 Å². The molecule has 1 aromatic carbocycles. The molecule has 1 saturated carbocycles. The van der Waals surface area contributed by atoms with Crippen LogP contribution in [0, 0.1) is 13.8 Å².